The number of benzene rings is 3. The predicted molar refractivity (Wildman–Crippen MR) is 124 cm³/mol. The zero-order valence-corrected chi connectivity index (χ0v) is 17.9. The van der Waals surface area contributed by atoms with E-state index in [-0.39, 0.29) is 12.3 Å². The second kappa shape index (κ2) is 8.87. The standard InChI is InChI=1S/C25H21ClNO2P/c26-21-15-13-20(14-16-21)24(19-25(28)27-17-7-8-18-27)30(29,22-9-3-1-4-10-22)23-11-5-2-6-12-23/h1-18,24H,19H2/t24-/m0/s1. The molecule has 0 fully saturated rings. The number of carbonyl (C=O) groups excluding carboxylic acids is 1. The molecule has 0 saturated heterocycles. The van der Waals surface area contributed by atoms with E-state index in [1.165, 1.54) is 0 Å². The van der Waals surface area contributed by atoms with E-state index < -0.39 is 12.8 Å². The highest BCUT2D eigenvalue weighted by Gasteiger charge is 2.39. The van der Waals surface area contributed by atoms with Crippen molar-refractivity contribution in [2.75, 3.05) is 0 Å². The lowest BCUT2D eigenvalue weighted by Gasteiger charge is -2.29. The summed E-state index contributed by atoms with van der Waals surface area (Å²) < 4.78 is 16.5. The Balaban J connectivity index is 1.90. The second-order valence-corrected chi connectivity index (χ2v) is 10.5. The first-order valence-corrected chi connectivity index (χ1v) is 11.9. The molecule has 1 heterocycles. The van der Waals surface area contributed by atoms with Crippen LogP contribution in [0.5, 0.6) is 0 Å². The van der Waals surface area contributed by atoms with Crippen LogP contribution in [0.4, 0.5) is 0 Å². The molecule has 4 aromatic rings. The number of rotatable bonds is 6. The van der Waals surface area contributed by atoms with Crippen molar-refractivity contribution in [3.8, 4) is 0 Å². The van der Waals surface area contributed by atoms with Crippen molar-refractivity contribution in [2.45, 2.75) is 12.1 Å². The van der Waals surface area contributed by atoms with Gasteiger partial charge in [0.1, 0.15) is 0 Å². The molecule has 0 amide bonds. The minimum absolute atomic E-state index is 0.105. The summed E-state index contributed by atoms with van der Waals surface area (Å²) >= 11 is 6.11. The van der Waals surface area contributed by atoms with E-state index in [0.29, 0.717) is 5.02 Å². The number of hydrogen-bond donors (Lipinski definition) is 0. The Morgan fingerprint density at radius 1 is 0.767 bits per heavy atom. The normalized spacial score (nSPS) is 12.4. The molecule has 5 heteroatoms. The zero-order chi connectivity index (χ0) is 21.0. The maximum absolute atomic E-state index is 14.9. The van der Waals surface area contributed by atoms with E-state index >= 15 is 0 Å². The van der Waals surface area contributed by atoms with Gasteiger partial charge in [-0.3, -0.25) is 9.36 Å². The summed E-state index contributed by atoms with van der Waals surface area (Å²) in [6, 6.07) is 29.8. The van der Waals surface area contributed by atoms with Gasteiger partial charge in [0, 0.05) is 34.4 Å². The molecule has 0 radical (unpaired) electrons. The van der Waals surface area contributed by atoms with Gasteiger partial charge in [-0.25, -0.2) is 0 Å². The third-order valence-corrected chi connectivity index (χ3v) is 8.97. The second-order valence-electron chi connectivity index (χ2n) is 7.08. The largest absolute Gasteiger partial charge is 0.313 e. The monoisotopic (exact) mass is 433 g/mol. The fourth-order valence-corrected chi connectivity index (χ4v) is 7.10. The fraction of sp³-hybridized carbons (Fsp3) is 0.0800. The van der Waals surface area contributed by atoms with Gasteiger partial charge in [0.05, 0.1) is 5.66 Å². The van der Waals surface area contributed by atoms with Gasteiger partial charge in [0.25, 0.3) is 0 Å². The molecule has 0 aliphatic carbocycles. The van der Waals surface area contributed by atoms with Crippen LogP contribution in [-0.4, -0.2) is 10.5 Å². The SMILES string of the molecule is O=C(C[C@@H](c1ccc(Cl)cc1)P(=O)(c1ccccc1)c1ccccc1)n1cccc1. The van der Waals surface area contributed by atoms with Crippen LogP contribution in [0.15, 0.2) is 109 Å². The molecule has 0 N–H and O–H groups in total. The van der Waals surface area contributed by atoms with Crippen LogP contribution in [0.3, 0.4) is 0 Å². The summed E-state index contributed by atoms with van der Waals surface area (Å²) in [5, 5.41) is 2.07. The van der Waals surface area contributed by atoms with E-state index in [4.69, 9.17) is 11.6 Å². The Morgan fingerprint density at radius 3 is 1.77 bits per heavy atom. The first-order chi connectivity index (χ1) is 14.6. The average molecular weight is 434 g/mol. The molecule has 0 aliphatic heterocycles. The lowest BCUT2D eigenvalue weighted by molar-refractivity contribution is 0.0901. The highest BCUT2D eigenvalue weighted by atomic mass is 35.5. The van der Waals surface area contributed by atoms with E-state index in [1.54, 1.807) is 29.1 Å². The lowest BCUT2D eigenvalue weighted by Crippen LogP contribution is -2.24. The summed E-state index contributed by atoms with van der Waals surface area (Å²) in [5.74, 6) is -0.105. The third kappa shape index (κ3) is 4.05. The zero-order valence-electron chi connectivity index (χ0n) is 16.3. The van der Waals surface area contributed by atoms with Gasteiger partial charge in [0.2, 0.25) is 5.91 Å². The average Bonchev–Trinajstić information content (AvgIpc) is 3.34. The molecule has 0 unspecified atom stereocenters. The van der Waals surface area contributed by atoms with E-state index in [9.17, 15) is 9.36 Å². The smallest absolute Gasteiger partial charge is 0.231 e. The Bertz CT molecular complexity index is 1110. The molecule has 3 aromatic carbocycles. The van der Waals surface area contributed by atoms with E-state index in [2.05, 4.69) is 0 Å². The van der Waals surface area contributed by atoms with Gasteiger partial charge in [-0.1, -0.05) is 84.4 Å². The van der Waals surface area contributed by atoms with Crippen molar-refractivity contribution in [1.29, 1.82) is 0 Å². The first kappa shape index (κ1) is 20.4. The highest BCUT2D eigenvalue weighted by Crippen LogP contribution is 2.59. The van der Waals surface area contributed by atoms with Gasteiger partial charge >= 0.3 is 0 Å². The van der Waals surface area contributed by atoms with Crippen LogP contribution in [0.2, 0.25) is 5.02 Å². The quantitative estimate of drug-likeness (QED) is 0.354. The Hall–Kier alpha value is -2.87. The van der Waals surface area contributed by atoms with Crippen LogP contribution in [0.1, 0.15) is 22.4 Å². The number of halogens is 1. The topological polar surface area (TPSA) is 39.1 Å². The fourth-order valence-electron chi connectivity index (χ4n) is 3.72. The maximum Gasteiger partial charge on any atom is 0.231 e. The molecule has 30 heavy (non-hydrogen) atoms. The van der Waals surface area contributed by atoms with Gasteiger partial charge in [0.15, 0.2) is 7.14 Å². The Kier molecular flexibility index (Phi) is 6.03. The molecule has 3 nitrogen and oxygen atoms in total. The number of carbonyl (C=O) groups is 1. The Morgan fingerprint density at radius 2 is 1.27 bits per heavy atom. The van der Waals surface area contributed by atoms with Crippen LogP contribution >= 0.6 is 18.7 Å². The number of nitrogens with zero attached hydrogens (tertiary/aromatic N) is 1. The molecule has 0 spiro atoms. The van der Waals surface area contributed by atoms with Gasteiger partial charge in [-0.05, 0) is 29.8 Å². The molecule has 0 aliphatic rings. The first-order valence-electron chi connectivity index (χ1n) is 9.71. The van der Waals surface area contributed by atoms with Crippen LogP contribution < -0.4 is 10.6 Å². The van der Waals surface area contributed by atoms with Gasteiger partial charge in [-0.15, -0.1) is 0 Å². The summed E-state index contributed by atoms with van der Waals surface area (Å²) in [4.78, 5) is 13.1. The highest BCUT2D eigenvalue weighted by molar-refractivity contribution is 7.79. The van der Waals surface area contributed by atoms with E-state index in [1.807, 2.05) is 84.9 Å². The minimum Gasteiger partial charge on any atom is -0.313 e. The molecule has 150 valence electrons. The molecular formula is C25H21ClNO2P. The lowest BCUT2D eigenvalue weighted by atomic mass is 10.1. The predicted octanol–water partition coefficient (Wildman–Crippen LogP) is 5.93. The molecule has 4 rings (SSSR count). The van der Waals surface area contributed by atoms with Crippen LogP contribution in [0.25, 0.3) is 0 Å². The summed E-state index contributed by atoms with van der Waals surface area (Å²) in [6.45, 7) is 0. The summed E-state index contributed by atoms with van der Waals surface area (Å²) in [7, 11) is -3.20. The van der Waals surface area contributed by atoms with Crippen molar-refractivity contribution in [3.05, 3.63) is 120 Å². The molecule has 1 aromatic heterocycles. The van der Waals surface area contributed by atoms with Crippen molar-refractivity contribution < 1.29 is 9.36 Å². The summed E-state index contributed by atoms with van der Waals surface area (Å²) in [6.07, 6.45) is 3.55. The molecule has 0 saturated carbocycles. The van der Waals surface area contributed by atoms with Crippen molar-refractivity contribution in [3.63, 3.8) is 0 Å². The Labute approximate surface area is 181 Å². The third-order valence-electron chi connectivity index (χ3n) is 5.23. The minimum atomic E-state index is -3.20. The number of aromatic nitrogens is 1. The number of hydrogen-bond acceptors (Lipinski definition) is 2. The molecular weight excluding hydrogens is 413 g/mol. The van der Waals surface area contributed by atoms with Crippen molar-refractivity contribution >= 4 is 35.3 Å². The van der Waals surface area contributed by atoms with Gasteiger partial charge < -0.3 is 4.57 Å². The van der Waals surface area contributed by atoms with Crippen LogP contribution in [0, 0.1) is 0 Å². The maximum atomic E-state index is 14.9. The van der Waals surface area contributed by atoms with Gasteiger partial charge in [-0.2, -0.15) is 0 Å². The molecule has 1 atom stereocenters. The van der Waals surface area contributed by atoms with Crippen molar-refractivity contribution in [1.82, 2.24) is 4.57 Å². The summed E-state index contributed by atoms with van der Waals surface area (Å²) in [5.41, 5.74) is 0.311. The van der Waals surface area contributed by atoms with Crippen molar-refractivity contribution in [2.24, 2.45) is 0 Å². The van der Waals surface area contributed by atoms with Crippen LogP contribution in [-0.2, 0) is 4.57 Å². The van der Waals surface area contributed by atoms with E-state index in [0.717, 1.165) is 16.2 Å². The molecule has 0 bridgehead atoms.